The van der Waals surface area contributed by atoms with Crippen LogP contribution in [0.4, 0.5) is 4.39 Å². The molecule has 0 saturated carbocycles. The van der Waals surface area contributed by atoms with Crippen molar-refractivity contribution in [3.8, 4) is 28.3 Å². The van der Waals surface area contributed by atoms with Gasteiger partial charge in [0.05, 0.1) is 22.1 Å². The van der Waals surface area contributed by atoms with Crippen LogP contribution in [0.1, 0.15) is 22.3 Å². The maximum atomic E-state index is 13.8. The molecule has 6 aromatic carbocycles. The van der Waals surface area contributed by atoms with Gasteiger partial charge in [0.2, 0.25) is 0 Å². The summed E-state index contributed by atoms with van der Waals surface area (Å²) in [6.45, 7) is 0. The van der Waals surface area contributed by atoms with Crippen LogP contribution in [-0.2, 0) is 5.41 Å². The molecule has 9 rings (SSSR count). The number of halogens is 1. The zero-order valence-corrected chi connectivity index (χ0v) is 21.4. The summed E-state index contributed by atoms with van der Waals surface area (Å²) in [5.41, 5.74) is 9.62. The smallest absolute Gasteiger partial charge is 0.132 e. The van der Waals surface area contributed by atoms with Crippen LogP contribution in [-0.4, -0.2) is 4.57 Å². The minimum Gasteiger partial charge on any atom is -0.457 e. The number of fused-ring (bicyclic) bond motifs is 11. The monoisotopic (exact) mass is 515 g/mol. The van der Waals surface area contributed by atoms with Crippen LogP contribution in [0.25, 0.3) is 38.6 Å². The summed E-state index contributed by atoms with van der Waals surface area (Å²) in [5.74, 6) is 1.46. The molecule has 0 bridgehead atoms. The topological polar surface area (TPSA) is 14.2 Å². The van der Waals surface area contributed by atoms with Gasteiger partial charge >= 0.3 is 0 Å². The fraction of sp³-hybridized carbons (Fsp3) is 0.0270. The Bertz CT molecular complexity index is 2160. The van der Waals surface area contributed by atoms with Crippen molar-refractivity contribution in [1.82, 2.24) is 4.57 Å². The Labute approximate surface area is 230 Å². The normalized spacial score (nSPS) is 16.4. The molecule has 2 nitrogen and oxygen atoms in total. The second-order valence-electron chi connectivity index (χ2n) is 10.6. The number of aromatic nitrogens is 1. The van der Waals surface area contributed by atoms with E-state index in [4.69, 9.17) is 4.74 Å². The second-order valence-corrected chi connectivity index (χ2v) is 10.6. The molecule has 0 radical (unpaired) electrons. The Balaban J connectivity index is 1.49. The molecule has 188 valence electrons. The van der Waals surface area contributed by atoms with E-state index in [1.807, 2.05) is 18.2 Å². The molecule has 0 aliphatic carbocycles. The first kappa shape index (κ1) is 21.7. The van der Waals surface area contributed by atoms with E-state index in [-0.39, 0.29) is 5.82 Å². The van der Waals surface area contributed by atoms with Gasteiger partial charge in [0.1, 0.15) is 17.3 Å². The highest BCUT2D eigenvalue weighted by Crippen LogP contribution is 2.60. The van der Waals surface area contributed by atoms with Crippen molar-refractivity contribution < 1.29 is 9.13 Å². The molecule has 3 heteroatoms. The molecule has 0 fully saturated rings. The van der Waals surface area contributed by atoms with Crippen molar-refractivity contribution in [3.63, 3.8) is 0 Å². The predicted molar refractivity (Wildman–Crippen MR) is 158 cm³/mol. The molecule has 1 spiro atoms. The largest absolute Gasteiger partial charge is 0.457 e. The summed E-state index contributed by atoms with van der Waals surface area (Å²) >= 11 is 0. The number of benzene rings is 6. The fourth-order valence-corrected chi connectivity index (χ4v) is 7.15. The van der Waals surface area contributed by atoms with Crippen LogP contribution < -0.4 is 4.74 Å². The van der Waals surface area contributed by atoms with Crippen LogP contribution in [0.2, 0.25) is 0 Å². The highest BCUT2D eigenvalue weighted by Gasteiger charge is 2.50. The van der Waals surface area contributed by atoms with E-state index in [1.165, 1.54) is 50.8 Å². The molecule has 40 heavy (non-hydrogen) atoms. The van der Waals surface area contributed by atoms with Crippen LogP contribution in [0.15, 0.2) is 133 Å². The molecule has 3 heterocycles. The third kappa shape index (κ3) is 2.62. The predicted octanol–water partition coefficient (Wildman–Crippen LogP) is 9.39. The average Bonchev–Trinajstić information content (AvgIpc) is 3.35. The first-order valence-electron chi connectivity index (χ1n) is 13.6. The molecular weight excluding hydrogens is 493 g/mol. The minimum absolute atomic E-state index is 0.240. The van der Waals surface area contributed by atoms with Crippen LogP contribution in [0.3, 0.4) is 0 Å². The summed E-state index contributed by atoms with van der Waals surface area (Å²) in [4.78, 5) is 0. The number of para-hydroxylation sites is 4. The van der Waals surface area contributed by atoms with Gasteiger partial charge in [-0.3, -0.25) is 0 Å². The van der Waals surface area contributed by atoms with Crippen molar-refractivity contribution in [2.75, 3.05) is 0 Å². The Kier molecular flexibility index (Phi) is 4.19. The Morgan fingerprint density at radius 3 is 2.10 bits per heavy atom. The quantitative estimate of drug-likeness (QED) is 0.212. The standard InChI is InChI=1S/C37H22FNO/c38-25-19-16-23(17-20-25)24-18-21-35-31(22-24)37(29-11-3-6-15-34(29)40-35)28-10-2-5-14-33(28)39-32-13-4-1-8-26(32)27-9-7-12-30(37)36(27)39/h1-22H. The zero-order valence-electron chi connectivity index (χ0n) is 21.4. The van der Waals surface area contributed by atoms with E-state index in [2.05, 4.69) is 108 Å². The Morgan fingerprint density at radius 2 is 1.20 bits per heavy atom. The number of ether oxygens (including phenoxy) is 1. The summed E-state index contributed by atoms with van der Waals surface area (Å²) in [6.07, 6.45) is 0. The van der Waals surface area contributed by atoms with Crippen molar-refractivity contribution >= 4 is 21.8 Å². The summed E-state index contributed by atoms with van der Waals surface area (Å²) in [7, 11) is 0. The lowest BCUT2D eigenvalue weighted by molar-refractivity contribution is 0.434. The third-order valence-electron chi connectivity index (χ3n) is 8.72. The molecule has 0 amide bonds. The molecule has 1 unspecified atom stereocenters. The average molecular weight is 516 g/mol. The maximum Gasteiger partial charge on any atom is 0.132 e. The van der Waals surface area contributed by atoms with Gasteiger partial charge in [-0.05, 0) is 64.7 Å². The van der Waals surface area contributed by atoms with Gasteiger partial charge in [0.15, 0.2) is 0 Å². The van der Waals surface area contributed by atoms with Crippen molar-refractivity contribution in [1.29, 1.82) is 0 Å². The molecular formula is C37H22FNO. The number of nitrogens with zero attached hydrogens (tertiary/aromatic N) is 1. The van der Waals surface area contributed by atoms with Gasteiger partial charge in [0, 0.05) is 21.9 Å². The molecule has 0 saturated heterocycles. The number of rotatable bonds is 1. The third-order valence-corrected chi connectivity index (χ3v) is 8.72. The van der Waals surface area contributed by atoms with Gasteiger partial charge in [-0.1, -0.05) is 91.0 Å². The fourth-order valence-electron chi connectivity index (χ4n) is 7.15. The second kappa shape index (κ2) is 7.71. The van der Waals surface area contributed by atoms with E-state index in [1.54, 1.807) is 0 Å². The summed E-state index contributed by atoms with van der Waals surface area (Å²) in [5, 5.41) is 2.48. The van der Waals surface area contributed by atoms with Crippen LogP contribution >= 0.6 is 0 Å². The van der Waals surface area contributed by atoms with E-state index >= 15 is 0 Å². The first-order chi connectivity index (χ1) is 19.7. The van der Waals surface area contributed by atoms with Gasteiger partial charge in [-0.15, -0.1) is 0 Å². The highest BCUT2D eigenvalue weighted by atomic mass is 19.1. The van der Waals surface area contributed by atoms with E-state index in [0.717, 1.165) is 33.8 Å². The van der Waals surface area contributed by atoms with Gasteiger partial charge in [0.25, 0.3) is 0 Å². The number of hydrogen-bond acceptors (Lipinski definition) is 1. The number of hydrogen-bond donors (Lipinski definition) is 0. The Morgan fingerprint density at radius 1 is 0.525 bits per heavy atom. The van der Waals surface area contributed by atoms with Crippen molar-refractivity contribution in [2.24, 2.45) is 0 Å². The van der Waals surface area contributed by atoms with Crippen LogP contribution in [0.5, 0.6) is 11.5 Å². The van der Waals surface area contributed by atoms with Gasteiger partial charge < -0.3 is 9.30 Å². The van der Waals surface area contributed by atoms with E-state index < -0.39 is 5.41 Å². The molecule has 0 N–H and O–H groups in total. The maximum absolute atomic E-state index is 13.8. The van der Waals surface area contributed by atoms with E-state index in [9.17, 15) is 4.39 Å². The van der Waals surface area contributed by atoms with E-state index in [0.29, 0.717) is 0 Å². The molecule has 2 aliphatic heterocycles. The molecule has 1 atom stereocenters. The lowest BCUT2D eigenvalue weighted by Gasteiger charge is -2.45. The first-order valence-corrected chi connectivity index (χ1v) is 13.6. The summed E-state index contributed by atoms with van der Waals surface area (Å²) in [6, 6.07) is 45.7. The van der Waals surface area contributed by atoms with Crippen molar-refractivity contribution in [3.05, 3.63) is 162 Å². The lowest BCUT2D eigenvalue weighted by atomic mass is 9.61. The molecule has 7 aromatic rings. The molecule has 1 aromatic heterocycles. The Hall–Kier alpha value is -5.15. The zero-order chi connectivity index (χ0) is 26.4. The van der Waals surface area contributed by atoms with Crippen LogP contribution in [0, 0.1) is 5.82 Å². The highest BCUT2D eigenvalue weighted by molar-refractivity contribution is 6.12. The summed E-state index contributed by atoms with van der Waals surface area (Å²) < 4.78 is 22.9. The minimum atomic E-state index is -0.610. The molecule has 2 aliphatic rings. The van der Waals surface area contributed by atoms with Crippen molar-refractivity contribution in [2.45, 2.75) is 5.41 Å². The SMILES string of the molecule is Fc1ccc(-c2ccc3c(c2)C2(c4ccccc4O3)c3ccccc3-n3c4ccccc4c4cccc2c43)cc1. The van der Waals surface area contributed by atoms with Gasteiger partial charge in [-0.2, -0.15) is 0 Å². The lowest BCUT2D eigenvalue weighted by Crippen LogP contribution is -2.37. The van der Waals surface area contributed by atoms with Gasteiger partial charge in [-0.25, -0.2) is 4.39 Å².